The molecule has 4 rings (SSSR count). The monoisotopic (exact) mass is 342 g/mol. The maximum Gasteiger partial charge on any atom is 0.267 e. The quantitative estimate of drug-likeness (QED) is 0.729. The molecule has 0 amide bonds. The number of fused-ring (bicyclic) bond motifs is 1. The fourth-order valence-corrected chi connectivity index (χ4v) is 3.64. The molecule has 0 N–H and O–H groups in total. The molecule has 7 heteroatoms. The van der Waals surface area contributed by atoms with Gasteiger partial charge in [0, 0.05) is 38.7 Å². The van der Waals surface area contributed by atoms with Crippen LogP contribution in [0.15, 0.2) is 39.1 Å². The first-order chi connectivity index (χ1) is 11.7. The predicted molar refractivity (Wildman–Crippen MR) is 91.8 cm³/mol. The SMILES string of the molecule is CCn1nc2c(cc1=O)CN(Cc1coc(-c3cccs3)n1)CC2. The van der Waals surface area contributed by atoms with Crippen LogP contribution in [0, 0.1) is 0 Å². The molecule has 0 fully saturated rings. The van der Waals surface area contributed by atoms with Gasteiger partial charge in [0.1, 0.15) is 6.26 Å². The summed E-state index contributed by atoms with van der Waals surface area (Å²) in [5.41, 5.74) is 2.95. The summed E-state index contributed by atoms with van der Waals surface area (Å²) < 4.78 is 7.10. The number of oxazole rings is 1. The van der Waals surface area contributed by atoms with Crippen LogP contribution in [-0.2, 0) is 26.1 Å². The maximum absolute atomic E-state index is 12.0. The van der Waals surface area contributed by atoms with Gasteiger partial charge in [-0.05, 0) is 23.9 Å². The number of nitrogens with zero attached hydrogens (tertiary/aromatic N) is 4. The lowest BCUT2D eigenvalue weighted by Crippen LogP contribution is -2.34. The van der Waals surface area contributed by atoms with Crippen LogP contribution in [0.1, 0.15) is 23.9 Å². The van der Waals surface area contributed by atoms with E-state index < -0.39 is 0 Å². The summed E-state index contributed by atoms with van der Waals surface area (Å²) in [6.07, 6.45) is 2.57. The second-order valence-corrected chi connectivity index (χ2v) is 6.80. The van der Waals surface area contributed by atoms with Crippen molar-refractivity contribution in [3.05, 3.63) is 57.1 Å². The van der Waals surface area contributed by atoms with Gasteiger partial charge in [-0.3, -0.25) is 9.69 Å². The van der Waals surface area contributed by atoms with Crippen molar-refractivity contribution in [1.29, 1.82) is 0 Å². The Bertz CT molecular complexity index is 898. The van der Waals surface area contributed by atoms with Gasteiger partial charge < -0.3 is 4.42 Å². The second-order valence-electron chi connectivity index (χ2n) is 5.85. The van der Waals surface area contributed by atoms with Crippen LogP contribution >= 0.6 is 11.3 Å². The first-order valence-electron chi connectivity index (χ1n) is 8.03. The molecule has 124 valence electrons. The van der Waals surface area contributed by atoms with E-state index in [-0.39, 0.29) is 5.56 Å². The van der Waals surface area contributed by atoms with E-state index in [2.05, 4.69) is 15.0 Å². The third kappa shape index (κ3) is 2.92. The van der Waals surface area contributed by atoms with Gasteiger partial charge in [-0.1, -0.05) is 6.07 Å². The van der Waals surface area contributed by atoms with Gasteiger partial charge in [-0.2, -0.15) is 5.10 Å². The standard InChI is InChI=1S/C17H18N4O2S/c1-2-21-16(22)8-12-9-20(6-5-14(12)19-21)10-13-11-23-17(18-13)15-4-3-7-24-15/h3-4,7-8,11H,2,5-6,9-10H2,1H3. The summed E-state index contributed by atoms with van der Waals surface area (Å²) in [6.45, 7) is 4.89. The minimum Gasteiger partial charge on any atom is -0.444 e. The molecule has 0 spiro atoms. The fourth-order valence-electron chi connectivity index (χ4n) is 2.98. The molecule has 0 bridgehead atoms. The van der Waals surface area contributed by atoms with E-state index in [0.29, 0.717) is 19.0 Å². The Kier molecular flexibility index (Phi) is 4.03. The van der Waals surface area contributed by atoms with E-state index in [0.717, 1.165) is 41.3 Å². The van der Waals surface area contributed by atoms with Gasteiger partial charge in [0.15, 0.2) is 0 Å². The average molecular weight is 342 g/mol. The maximum atomic E-state index is 12.0. The molecule has 0 saturated heterocycles. The molecule has 3 aromatic rings. The zero-order valence-corrected chi connectivity index (χ0v) is 14.3. The van der Waals surface area contributed by atoms with Crippen LogP contribution in [0.25, 0.3) is 10.8 Å². The number of aromatic nitrogens is 3. The van der Waals surface area contributed by atoms with Crippen molar-refractivity contribution in [3.63, 3.8) is 0 Å². The molecule has 0 unspecified atom stereocenters. The Morgan fingerprint density at radius 3 is 3.12 bits per heavy atom. The average Bonchev–Trinajstić information content (AvgIpc) is 3.25. The molecule has 0 radical (unpaired) electrons. The number of thiophene rings is 1. The molecule has 24 heavy (non-hydrogen) atoms. The molecule has 0 saturated carbocycles. The van der Waals surface area contributed by atoms with Crippen LogP contribution in [0.3, 0.4) is 0 Å². The van der Waals surface area contributed by atoms with Gasteiger partial charge in [-0.25, -0.2) is 9.67 Å². The van der Waals surface area contributed by atoms with Crippen LogP contribution < -0.4 is 5.56 Å². The highest BCUT2D eigenvalue weighted by molar-refractivity contribution is 7.13. The summed E-state index contributed by atoms with van der Waals surface area (Å²) in [7, 11) is 0. The van der Waals surface area contributed by atoms with Crippen molar-refractivity contribution in [3.8, 4) is 10.8 Å². The topological polar surface area (TPSA) is 64.2 Å². The third-order valence-electron chi connectivity index (χ3n) is 4.19. The molecule has 1 aliphatic heterocycles. The van der Waals surface area contributed by atoms with Gasteiger partial charge >= 0.3 is 0 Å². The Morgan fingerprint density at radius 1 is 1.42 bits per heavy atom. The number of hydrogen-bond donors (Lipinski definition) is 0. The molecular formula is C17H18N4O2S. The molecule has 4 heterocycles. The summed E-state index contributed by atoms with van der Waals surface area (Å²) in [5, 5.41) is 6.47. The summed E-state index contributed by atoms with van der Waals surface area (Å²) in [4.78, 5) is 19.9. The number of aryl methyl sites for hydroxylation is 1. The molecular weight excluding hydrogens is 324 g/mol. The Morgan fingerprint density at radius 2 is 2.33 bits per heavy atom. The number of hydrogen-bond acceptors (Lipinski definition) is 6. The second kappa shape index (κ2) is 6.33. The predicted octanol–water partition coefficient (Wildman–Crippen LogP) is 2.54. The smallest absolute Gasteiger partial charge is 0.267 e. The largest absolute Gasteiger partial charge is 0.444 e. The van der Waals surface area contributed by atoms with Crippen LogP contribution in [0.5, 0.6) is 0 Å². The fraction of sp³-hybridized carbons (Fsp3) is 0.353. The van der Waals surface area contributed by atoms with E-state index >= 15 is 0 Å². The summed E-state index contributed by atoms with van der Waals surface area (Å²) in [5.74, 6) is 0.671. The van der Waals surface area contributed by atoms with Crippen LogP contribution in [0.2, 0.25) is 0 Å². The molecule has 0 aliphatic carbocycles. The lowest BCUT2D eigenvalue weighted by atomic mass is 10.1. The minimum absolute atomic E-state index is 0.0282. The Hall–Kier alpha value is -2.25. The first-order valence-corrected chi connectivity index (χ1v) is 8.91. The van der Waals surface area contributed by atoms with Crippen LogP contribution in [0.4, 0.5) is 0 Å². The molecule has 1 aliphatic rings. The van der Waals surface area contributed by atoms with Crippen molar-refractivity contribution in [2.24, 2.45) is 0 Å². The van der Waals surface area contributed by atoms with Crippen molar-refractivity contribution in [1.82, 2.24) is 19.7 Å². The normalized spacial score (nSPS) is 14.7. The van der Waals surface area contributed by atoms with Crippen LogP contribution in [-0.4, -0.2) is 26.2 Å². The summed E-state index contributed by atoms with van der Waals surface area (Å²) in [6, 6.07) is 5.71. The van der Waals surface area contributed by atoms with Gasteiger partial charge in [0.25, 0.3) is 5.56 Å². The molecule has 0 atom stereocenters. The number of rotatable bonds is 4. The van der Waals surface area contributed by atoms with E-state index in [1.807, 2.05) is 24.4 Å². The first kappa shape index (κ1) is 15.3. The zero-order valence-electron chi connectivity index (χ0n) is 13.4. The highest BCUT2D eigenvalue weighted by atomic mass is 32.1. The zero-order chi connectivity index (χ0) is 16.5. The van der Waals surface area contributed by atoms with Crippen molar-refractivity contribution >= 4 is 11.3 Å². The molecule has 0 aromatic carbocycles. The molecule has 6 nitrogen and oxygen atoms in total. The lowest BCUT2D eigenvalue weighted by molar-refractivity contribution is 0.238. The summed E-state index contributed by atoms with van der Waals surface area (Å²) >= 11 is 1.62. The van der Waals surface area contributed by atoms with Gasteiger partial charge in [-0.15, -0.1) is 11.3 Å². The van der Waals surface area contributed by atoms with E-state index in [1.54, 1.807) is 23.7 Å². The van der Waals surface area contributed by atoms with Gasteiger partial charge in [0.05, 0.1) is 16.3 Å². The highest BCUT2D eigenvalue weighted by Crippen LogP contribution is 2.24. The van der Waals surface area contributed by atoms with Crippen molar-refractivity contribution in [2.75, 3.05) is 6.54 Å². The lowest BCUT2D eigenvalue weighted by Gasteiger charge is -2.27. The van der Waals surface area contributed by atoms with Crippen molar-refractivity contribution in [2.45, 2.75) is 33.0 Å². The highest BCUT2D eigenvalue weighted by Gasteiger charge is 2.20. The van der Waals surface area contributed by atoms with E-state index in [9.17, 15) is 4.79 Å². The van der Waals surface area contributed by atoms with E-state index in [1.165, 1.54) is 4.68 Å². The van der Waals surface area contributed by atoms with Crippen molar-refractivity contribution < 1.29 is 4.42 Å². The molecule has 3 aromatic heterocycles. The Balaban J connectivity index is 1.49. The minimum atomic E-state index is -0.0282. The third-order valence-corrected chi connectivity index (χ3v) is 5.05. The van der Waals surface area contributed by atoms with E-state index in [4.69, 9.17) is 4.42 Å². The van der Waals surface area contributed by atoms with Gasteiger partial charge in [0.2, 0.25) is 5.89 Å². The Labute approximate surface area is 143 Å².